The van der Waals surface area contributed by atoms with Gasteiger partial charge in [0, 0.05) is 12.2 Å². The number of hydrogen-bond donors (Lipinski definition) is 4. The van der Waals surface area contributed by atoms with Gasteiger partial charge >= 0.3 is 12.9 Å². The Morgan fingerprint density at radius 3 is 2.36 bits per heavy atom. The molecule has 0 unspecified atom stereocenters. The van der Waals surface area contributed by atoms with Crippen molar-refractivity contribution in [1.82, 2.24) is 5.32 Å². The maximum Gasteiger partial charge on any atom is 0.361 e. The van der Waals surface area contributed by atoms with Gasteiger partial charge in [0.2, 0.25) is 10.0 Å². The van der Waals surface area contributed by atoms with Gasteiger partial charge in [-0.15, -0.1) is 0 Å². The molecule has 1 atom stereocenters. The number of rotatable bonds is 11. The summed E-state index contributed by atoms with van der Waals surface area (Å²) in [7, 11) is -3.71. The van der Waals surface area contributed by atoms with Crippen LogP contribution in [-0.4, -0.2) is 39.0 Å². The minimum Gasteiger partial charge on any atom is -0.535 e. The van der Waals surface area contributed by atoms with E-state index >= 15 is 0 Å². The molecule has 0 heterocycles. The number of thiocarbonyl (C=S) groups is 1. The zero-order valence-electron chi connectivity index (χ0n) is 16.3. The van der Waals surface area contributed by atoms with Crippen molar-refractivity contribution >= 4 is 45.9 Å². The second-order valence-corrected chi connectivity index (χ2v) is 8.40. The second-order valence-electron chi connectivity index (χ2n) is 6.43. The number of anilines is 1. The lowest BCUT2D eigenvalue weighted by Crippen LogP contribution is -2.36. The Balaban J connectivity index is 2.25. The molecule has 0 aliphatic rings. The first-order valence-electron chi connectivity index (χ1n) is 9.31. The monoisotopic (exact) mass is 428 g/mol. The van der Waals surface area contributed by atoms with Crippen molar-refractivity contribution in [3.05, 3.63) is 24.3 Å². The summed E-state index contributed by atoms with van der Waals surface area (Å²) in [6.45, 7) is 4.51. The summed E-state index contributed by atoms with van der Waals surface area (Å²) < 4.78 is 27.8. The average molecular weight is 428 g/mol. The van der Waals surface area contributed by atoms with Gasteiger partial charge in [-0.1, -0.05) is 13.8 Å². The molecule has 6 N–H and O–H groups in total. The molecule has 28 heavy (non-hydrogen) atoms. The van der Waals surface area contributed by atoms with Gasteiger partial charge in [0.05, 0.1) is 4.90 Å². The first-order valence-corrected chi connectivity index (χ1v) is 11.3. The molecule has 0 spiro atoms. The molecule has 0 fully saturated rings. The van der Waals surface area contributed by atoms with Crippen LogP contribution in [0.1, 0.15) is 33.1 Å². The predicted molar refractivity (Wildman–Crippen MR) is 117 cm³/mol. The third kappa shape index (κ3) is 9.00. The molecule has 0 saturated heterocycles. The Morgan fingerprint density at radius 2 is 1.82 bits per heavy atom. The van der Waals surface area contributed by atoms with Gasteiger partial charge < -0.3 is 21.0 Å². The average Bonchev–Trinajstić information content (AvgIpc) is 2.65. The number of primary sulfonamides is 1. The molecule has 1 rings (SSSR count). The molecular weight excluding hydrogens is 399 g/mol. The van der Waals surface area contributed by atoms with Gasteiger partial charge in [0.25, 0.3) is 0 Å². The van der Waals surface area contributed by atoms with E-state index in [9.17, 15) is 13.2 Å². The molecule has 0 radical (unpaired) electrons. The second kappa shape index (κ2) is 12.0. The van der Waals surface area contributed by atoms with Gasteiger partial charge in [0.15, 0.2) is 5.11 Å². The van der Waals surface area contributed by atoms with E-state index in [1.807, 2.05) is 13.8 Å². The highest BCUT2D eigenvalue weighted by Gasteiger charge is 2.20. The Morgan fingerprint density at radius 1 is 1.21 bits per heavy atom. The van der Waals surface area contributed by atoms with Crippen LogP contribution in [0.15, 0.2) is 29.2 Å². The van der Waals surface area contributed by atoms with Crippen LogP contribution in [0, 0.1) is 0 Å². The summed E-state index contributed by atoms with van der Waals surface area (Å²) in [6.07, 6.45) is 3.67. The van der Waals surface area contributed by atoms with Crippen LogP contribution in [0.3, 0.4) is 0 Å². The van der Waals surface area contributed by atoms with Crippen LogP contribution >= 0.6 is 12.2 Å². The summed E-state index contributed by atoms with van der Waals surface area (Å²) in [6, 6.07) is 5.37. The fourth-order valence-corrected chi connectivity index (χ4v) is 3.15. The van der Waals surface area contributed by atoms with Crippen molar-refractivity contribution in [2.75, 3.05) is 11.9 Å². The first-order chi connectivity index (χ1) is 13.2. The molecule has 0 amide bonds. The van der Waals surface area contributed by atoms with Gasteiger partial charge in [-0.3, -0.25) is 4.79 Å². The summed E-state index contributed by atoms with van der Waals surface area (Å²) >= 11 is 5.20. The highest BCUT2D eigenvalue weighted by molar-refractivity contribution is 7.89. The number of nitrogens with two attached hydrogens (primary N) is 2. The largest absolute Gasteiger partial charge is 0.535 e. The third-order valence-corrected chi connectivity index (χ3v) is 5.34. The maximum absolute atomic E-state index is 11.9. The van der Waals surface area contributed by atoms with E-state index in [-0.39, 0.29) is 17.8 Å². The fraction of sp³-hybridized carbons (Fsp3) is 0.529. The lowest BCUT2D eigenvalue weighted by atomic mass is 9.62. The molecule has 1 aromatic carbocycles. The van der Waals surface area contributed by atoms with Crippen molar-refractivity contribution in [2.24, 2.45) is 10.9 Å². The van der Waals surface area contributed by atoms with Gasteiger partial charge in [0.1, 0.15) is 6.04 Å². The van der Waals surface area contributed by atoms with Crippen LogP contribution in [0.4, 0.5) is 5.69 Å². The van der Waals surface area contributed by atoms with E-state index in [2.05, 4.69) is 10.6 Å². The van der Waals surface area contributed by atoms with Gasteiger partial charge in [-0.05, 0) is 68.4 Å². The van der Waals surface area contributed by atoms with Crippen molar-refractivity contribution in [3.63, 3.8) is 0 Å². The Bertz CT molecular complexity index is 740. The lowest BCUT2D eigenvalue weighted by Gasteiger charge is -2.16. The van der Waals surface area contributed by atoms with Crippen molar-refractivity contribution in [2.45, 2.75) is 56.7 Å². The highest BCUT2D eigenvalue weighted by atomic mass is 32.2. The predicted octanol–water partition coefficient (Wildman–Crippen LogP) is 1.69. The zero-order valence-corrected chi connectivity index (χ0v) is 17.9. The summed E-state index contributed by atoms with van der Waals surface area (Å²) in [5.74, 6) is -0.346. The molecule has 0 aliphatic heterocycles. The number of sulfonamides is 1. The molecular formula is C17H29BN4O4S2. The van der Waals surface area contributed by atoms with Crippen molar-refractivity contribution < 1.29 is 17.9 Å². The molecule has 0 bridgehead atoms. The van der Waals surface area contributed by atoms with E-state index in [1.54, 1.807) is 12.1 Å². The molecule has 0 aromatic heterocycles. The minimum atomic E-state index is -3.71. The molecule has 1 aromatic rings. The Labute approximate surface area is 172 Å². The number of carbonyl (C=O) groups is 1. The summed E-state index contributed by atoms with van der Waals surface area (Å²) in [4.78, 5) is 11.9. The smallest absolute Gasteiger partial charge is 0.361 e. The van der Waals surface area contributed by atoms with E-state index in [1.165, 1.54) is 12.1 Å². The maximum atomic E-state index is 11.9. The van der Waals surface area contributed by atoms with E-state index in [0.29, 0.717) is 23.8 Å². The quantitative estimate of drug-likeness (QED) is 0.237. The first kappa shape index (κ1) is 24.4. The molecule has 8 nitrogen and oxygen atoms in total. The van der Waals surface area contributed by atoms with E-state index in [4.69, 9.17) is 27.7 Å². The molecule has 0 aliphatic carbocycles. The normalized spacial score (nSPS) is 12.1. The van der Waals surface area contributed by atoms with E-state index in [0.717, 1.165) is 25.5 Å². The zero-order chi connectivity index (χ0) is 21.2. The van der Waals surface area contributed by atoms with E-state index < -0.39 is 16.1 Å². The standard InChI is InChI=1S/C17H29BN4O4S2/c1-3-18(4-2)26-16(23)15(19)7-5-6-12-21-17(27)22-13-8-10-14(11-9-13)28(20,24)25/h8-11,15H,3-7,12,19H2,1-2H3,(H2,20,24,25)(H2,21,22,27)/t15-/m0/s1. The Hall–Kier alpha value is -1.69. The van der Waals surface area contributed by atoms with Crippen LogP contribution in [0.5, 0.6) is 0 Å². The SMILES string of the molecule is CCB(CC)OC(=O)[C@@H](N)CCCCNC(=S)Nc1ccc(S(N)(=O)=O)cc1. The number of benzene rings is 1. The summed E-state index contributed by atoms with van der Waals surface area (Å²) in [5, 5.41) is 11.5. The van der Waals surface area contributed by atoms with Crippen molar-refractivity contribution in [1.29, 1.82) is 0 Å². The molecule has 0 saturated carbocycles. The van der Waals surface area contributed by atoms with Crippen LogP contribution < -0.4 is 21.5 Å². The van der Waals surface area contributed by atoms with Gasteiger partial charge in [-0.25, -0.2) is 13.6 Å². The molecule has 156 valence electrons. The van der Waals surface area contributed by atoms with Crippen LogP contribution in [-0.2, 0) is 19.5 Å². The summed E-state index contributed by atoms with van der Waals surface area (Å²) in [5.41, 5.74) is 6.53. The van der Waals surface area contributed by atoms with Gasteiger partial charge in [-0.2, -0.15) is 0 Å². The number of carbonyl (C=O) groups excluding carboxylic acids is 1. The number of hydrogen-bond acceptors (Lipinski definition) is 6. The fourth-order valence-electron chi connectivity index (χ4n) is 2.42. The van der Waals surface area contributed by atoms with Crippen molar-refractivity contribution in [3.8, 4) is 0 Å². The topological polar surface area (TPSA) is 137 Å². The lowest BCUT2D eigenvalue weighted by molar-refractivity contribution is -0.136. The Kier molecular flexibility index (Phi) is 10.4. The van der Waals surface area contributed by atoms with Crippen LogP contribution in [0.2, 0.25) is 12.6 Å². The van der Waals surface area contributed by atoms with Crippen LogP contribution in [0.25, 0.3) is 0 Å². The minimum absolute atomic E-state index is 0.0380. The highest BCUT2D eigenvalue weighted by Crippen LogP contribution is 2.12. The number of nitrogens with one attached hydrogen (secondary N) is 2. The third-order valence-electron chi connectivity index (χ3n) is 4.16. The number of unbranched alkanes of at least 4 members (excludes halogenated alkanes) is 1. The molecule has 11 heteroatoms.